The average Bonchev–Trinajstić information content (AvgIpc) is 2.65. The molecule has 1 aliphatic rings. The molecule has 0 aromatic heterocycles. The second kappa shape index (κ2) is 7.21. The van der Waals surface area contributed by atoms with Crippen molar-refractivity contribution in [1.29, 1.82) is 0 Å². The second-order valence-electron chi connectivity index (χ2n) is 3.88. The monoisotopic (exact) mass is 201 g/mol. The molecule has 2 atom stereocenters. The van der Waals surface area contributed by atoms with Crippen LogP contribution < -0.4 is 5.32 Å². The average molecular weight is 201 g/mol. The minimum Gasteiger partial charge on any atom is -0.380 e. The van der Waals surface area contributed by atoms with Crippen molar-refractivity contribution in [3.63, 3.8) is 0 Å². The largest absolute Gasteiger partial charge is 0.380 e. The predicted molar refractivity (Wildman–Crippen MR) is 57.5 cm³/mol. The van der Waals surface area contributed by atoms with Crippen LogP contribution in [0.1, 0.15) is 32.6 Å². The van der Waals surface area contributed by atoms with E-state index >= 15 is 0 Å². The third kappa shape index (κ3) is 3.95. The number of hydrogen-bond acceptors (Lipinski definition) is 3. The van der Waals surface area contributed by atoms with E-state index in [9.17, 15) is 0 Å². The van der Waals surface area contributed by atoms with E-state index in [-0.39, 0.29) is 0 Å². The van der Waals surface area contributed by atoms with Gasteiger partial charge in [-0.3, -0.25) is 0 Å². The van der Waals surface area contributed by atoms with Crippen molar-refractivity contribution in [3.05, 3.63) is 0 Å². The molecule has 1 fully saturated rings. The Kier molecular flexibility index (Phi) is 6.15. The molecule has 0 saturated heterocycles. The summed E-state index contributed by atoms with van der Waals surface area (Å²) in [5.41, 5.74) is 0. The first-order chi connectivity index (χ1) is 6.88. The van der Waals surface area contributed by atoms with Gasteiger partial charge in [0.05, 0.1) is 12.7 Å². The highest BCUT2D eigenvalue weighted by Crippen LogP contribution is 2.21. The molecule has 0 radical (unpaired) electrons. The van der Waals surface area contributed by atoms with E-state index in [1.165, 1.54) is 19.3 Å². The zero-order valence-corrected chi connectivity index (χ0v) is 9.42. The molecule has 1 saturated carbocycles. The van der Waals surface area contributed by atoms with E-state index in [0.29, 0.717) is 12.1 Å². The van der Waals surface area contributed by atoms with Gasteiger partial charge in [-0.2, -0.15) is 0 Å². The molecule has 1 rings (SSSR count). The topological polar surface area (TPSA) is 30.5 Å². The van der Waals surface area contributed by atoms with Crippen LogP contribution in [0, 0.1) is 0 Å². The molecule has 0 aromatic carbocycles. The molecule has 3 nitrogen and oxygen atoms in total. The maximum Gasteiger partial charge on any atom is 0.0724 e. The molecule has 0 aromatic rings. The Morgan fingerprint density at radius 3 is 2.86 bits per heavy atom. The van der Waals surface area contributed by atoms with Gasteiger partial charge < -0.3 is 14.8 Å². The summed E-state index contributed by atoms with van der Waals surface area (Å²) in [6.45, 7) is 4.77. The van der Waals surface area contributed by atoms with Gasteiger partial charge in [0.1, 0.15) is 0 Å². The molecule has 84 valence electrons. The van der Waals surface area contributed by atoms with Gasteiger partial charge in [0.15, 0.2) is 0 Å². The number of rotatable bonds is 7. The summed E-state index contributed by atoms with van der Waals surface area (Å²) < 4.78 is 10.8. The lowest BCUT2D eigenvalue weighted by atomic mass is 10.2. The van der Waals surface area contributed by atoms with Crippen molar-refractivity contribution in [3.8, 4) is 0 Å². The van der Waals surface area contributed by atoms with Crippen LogP contribution in [0.4, 0.5) is 0 Å². The van der Waals surface area contributed by atoms with Crippen LogP contribution in [0.25, 0.3) is 0 Å². The van der Waals surface area contributed by atoms with E-state index in [1.54, 1.807) is 7.11 Å². The van der Waals surface area contributed by atoms with Crippen molar-refractivity contribution in [2.24, 2.45) is 0 Å². The predicted octanol–water partition coefficient (Wildman–Crippen LogP) is 1.57. The second-order valence-corrected chi connectivity index (χ2v) is 3.88. The fourth-order valence-electron chi connectivity index (χ4n) is 2.00. The SMILES string of the molecule is CCCOCCNC1CCCC1OC. The summed E-state index contributed by atoms with van der Waals surface area (Å²) in [5.74, 6) is 0. The van der Waals surface area contributed by atoms with Crippen molar-refractivity contribution in [2.75, 3.05) is 26.9 Å². The van der Waals surface area contributed by atoms with Gasteiger partial charge in [0, 0.05) is 26.3 Å². The van der Waals surface area contributed by atoms with Gasteiger partial charge in [0.25, 0.3) is 0 Å². The van der Waals surface area contributed by atoms with Crippen LogP contribution in [-0.2, 0) is 9.47 Å². The Balaban J connectivity index is 2.00. The zero-order chi connectivity index (χ0) is 10.2. The highest BCUT2D eigenvalue weighted by atomic mass is 16.5. The standard InChI is InChI=1S/C11H23NO2/c1-3-8-14-9-7-12-10-5-4-6-11(10)13-2/h10-12H,3-9H2,1-2H3. The molecular weight excluding hydrogens is 178 g/mol. The maximum atomic E-state index is 5.41. The van der Waals surface area contributed by atoms with Crippen molar-refractivity contribution >= 4 is 0 Å². The lowest BCUT2D eigenvalue weighted by Gasteiger charge is -2.19. The lowest BCUT2D eigenvalue weighted by molar-refractivity contribution is 0.0784. The normalized spacial score (nSPS) is 27.0. The lowest BCUT2D eigenvalue weighted by Crippen LogP contribution is -2.38. The van der Waals surface area contributed by atoms with Crippen LogP contribution in [0.2, 0.25) is 0 Å². The molecule has 0 spiro atoms. The Bertz CT molecular complexity index is 141. The van der Waals surface area contributed by atoms with Gasteiger partial charge in [-0.15, -0.1) is 0 Å². The Hall–Kier alpha value is -0.120. The first-order valence-electron chi connectivity index (χ1n) is 5.72. The molecule has 1 aliphatic carbocycles. The molecular formula is C11H23NO2. The molecule has 0 amide bonds. The molecule has 14 heavy (non-hydrogen) atoms. The first-order valence-corrected chi connectivity index (χ1v) is 5.72. The fourth-order valence-corrected chi connectivity index (χ4v) is 2.00. The summed E-state index contributed by atoms with van der Waals surface area (Å²) in [5, 5.41) is 3.49. The van der Waals surface area contributed by atoms with E-state index in [2.05, 4.69) is 12.2 Å². The number of ether oxygens (including phenoxy) is 2. The van der Waals surface area contributed by atoms with E-state index < -0.39 is 0 Å². The molecule has 1 N–H and O–H groups in total. The molecule has 0 heterocycles. The van der Waals surface area contributed by atoms with Gasteiger partial charge in [-0.25, -0.2) is 0 Å². The summed E-state index contributed by atoms with van der Waals surface area (Å²) >= 11 is 0. The summed E-state index contributed by atoms with van der Waals surface area (Å²) in [6.07, 6.45) is 5.24. The van der Waals surface area contributed by atoms with Crippen LogP contribution in [0.15, 0.2) is 0 Å². The number of nitrogens with one attached hydrogen (secondary N) is 1. The molecule has 2 unspecified atom stereocenters. The summed E-state index contributed by atoms with van der Waals surface area (Å²) in [7, 11) is 1.80. The fraction of sp³-hybridized carbons (Fsp3) is 1.00. The van der Waals surface area contributed by atoms with Crippen LogP contribution in [0.5, 0.6) is 0 Å². The van der Waals surface area contributed by atoms with Crippen molar-refractivity contribution in [1.82, 2.24) is 5.32 Å². The van der Waals surface area contributed by atoms with Gasteiger partial charge >= 0.3 is 0 Å². The summed E-state index contributed by atoms with van der Waals surface area (Å²) in [6, 6.07) is 0.547. The Labute approximate surface area is 87.2 Å². The Morgan fingerprint density at radius 1 is 1.29 bits per heavy atom. The van der Waals surface area contributed by atoms with Crippen LogP contribution >= 0.6 is 0 Å². The smallest absolute Gasteiger partial charge is 0.0724 e. The van der Waals surface area contributed by atoms with Gasteiger partial charge in [-0.1, -0.05) is 6.92 Å². The van der Waals surface area contributed by atoms with E-state index in [1.807, 2.05) is 0 Å². The van der Waals surface area contributed by atoms with Crippen molar-refractivity contribution < 1.29 is 9.47 Å². The minimum absolute atomic E-state index is 0.418. The van der Waals surface area contributed by atoms with Crippen molar-refractivity contribution in [2.45, 2.75) is 44.8 Å². The quantitative estimate of drug-likeness (QED) is 0.634. The zero-order valence-electron chi connectivity index (χ0n) is 9.42. The third-order valence-electron chi connectivity index (χ3n) is 2.76. The van der Waals surface area contributed by atoms with Crippen LogP contribution in [0.3, 0.4) is 0 Å². The Morgan fingerprint density at radius 2 is 2.14 bits per heavy atom. The number of hydrogen-bond donors (Lipinski definition) is 1. The maximum absolute atomic E-state index is 5.41. The third-order valence-corrected chi connectivity index (χ3v) is 2.76. The van der Waals surface area contributed by atoms with Gasteiger partial charge in [-0.05, 0) is 25.7 Å². The first kappa shape index (κ1) is 12.0. The molecule has 0 bridgehead atoms. The van der Waals surface area contributed by atoms with Gasteiger partial charge in [0.2, 0.25) is 0 Å². The van der Waals surface area contributed by atoms with E-state index in [4.69, 9.17) is 9.47 Å². The highest BCUT2D eigenvalue weighted by molar-refractivity contribution is 4.83. The molecule has 3 heteroatoms. The van der Waals surface area contributed by atoms with E-state index in [0.717, 1.165) is 26.2 Å². The minimum atomic E-state index is 0.418. The summed E-state index contributed by atoms with van der Waals surface area (Å²) in [4.78, 5) is 0. The number of methoxy groups -OCH3 is 1. The van der Waals surface area contributed by atoms with Crippen LogP contribution in [-0.4, -0.2) is 39.0 Å². The molecule has 0 aliphatic heterocycles. The highest BCUT2D eigenvalue weighted by Gasteiger charge is 2.25.